The lowest BCUT2D eigenvalue weighted by Crippen LogP contribution is -2.17. The summed E-state index contributed by atoms with van der Waals surface area (Å²) in [5.41, 5.74) is 11.6. The first-order chi connectivity index (χ1) is 13.0. The summed E-state index contributed by atoms with van der Waals surface area (Å²) >= 11 is 0. The maximum Gasteiger partial charge on any atom is 0.311 e. The second kappa shape index (κ2) is 6.76. The fourth-order valence-electron chi connectivity index (χ4n) is 3.63. The fraction of sp³-hybridized carbons (Fsp3) is 0.182. The number of ether oxygens (including phenoxy) is 1. The van der Waals surface area contributed by atoms with Crippen LogP contribution in [0.15, 0.2) is 60.7 Å². The first kappa shape index (κ1) is 17.1. The summed E-state index contributed by atoms with van der Waals surface area (Å²) < 4.78 is 6.23. The Morgan fingerprint density at radius 1 is 1.04 bits per heavy atom. The van der Waals surface area contributed by atoms with Crippen LogP contribution >= 0.6 is 0 Å². The van der Waals surface area contributed by atoms with Gasteiger partial charge >= 0.3 is 5.69 Å². The number of hydrogen-bond acceptors (Lipinski definition) is 4. The molecule has 0 saturated carbocycles. The van der Waals surface area contributed by atoms with Crippen LogP contribution in [-0.4, -0.2) is 11.0 Å². The van der Waals surface area contributed by atoms with Gasteiger partial charge in [0.1, 0.15) is 6.10 Å². The van der Waals surface area contributed by atoms with E-state index in [0.717, 1.165) is 24.0 Å². The van der Waals surface area contributed by atoms with Crippen molar-refractivity contribution in [3.05, 3.63) is 87.5 Å². The first-order valence-electron chi connectivity index (χ1n) is 8.90. The molecule has 5 nitrogen and oxygen atoms in total. The molecular formula is C22H20N2O3. The number of para-hydroxylation sites is 1. The summed E-state index contributed by atoms with van der Waals surface area (Å²) in [4.78, 5) is 11.2. The lowest BCUT2D eigenvalue weighted by molar-refractivity contribution is -0.386. The van der Waals surface area contributed by atoms with Gasteiger partial charge in [-0.05, 0) is 41.3 Å². The lowest BCUT2D eigenvalue weighted by atomic mass is 10.0. The Labute approximate surface area is 157 Å². The maximum atomic E-state index is 11.6. The molecule has 0 bridgehead atoms. The summed E-state index contributed by atoms with van der Waals surface area (Å²) in [6, 6.07) is 18.9. The minimum absolute atomic E-state index is 0.0158. The second-order valence-electron chi connectivity index (χ2n) is 6.90. The molecule has 1 aliphatic rings. The van der Waals surface area contributed by atoms with E-state index in [0.29, 0.717) is 17.0 Å². The highest BCUT2D eigenvalue weighted by Crippen LogP contribution is 2.40. The van der Waals surface area contributed by atoms with Gasteiger partial charge in [0.15, 0.2) is 0 Å². The van der Waals surface area contributed by atoms with Crippen molar-refractivity contribution in [2.45, 2.75) is 25.9 Å². The monoisotopic (exact) mass is 360 g/mol. The quantitative estimate of drug-likeness (QED) is 0.415. The molecule has 27 heavy (non-hydrogen) atoms. The molecule has 0 amide bonds. The molecule has 0 spiro atoms. The van der Waals surface area contributed by atoms with Gasteiger partial charge in [-0.1, -0.05) is 42.5 Å². The molecule has 3 aromatic carbocycles. The average molecular weight is 360 g/mol. The summed E-state index contributed by atoms with van der Waals surface area (Å²) in [5, 5.41) is 11.6. The van der Waals surface area contributed by atoms with Crippen LogP contribution in [-0.2, 0) is 12.8 Å². The van der Waals surface area contributed by atoms with Crippen LogP contribution in [0.3, 0.4) is 0 Å². The van der Waals surface area contributed by atoms with Gasteiger partial charge in [-0.15, -0.1) is 0 Å². The number of nitrogens with zero attached hydrogens (tertiary/aromatic N) is 1. The lowest BCUT2D eigenvalue weighted by Gasteiger charge is -2.17. The van der Waals surface area contributed by atoms with E-state index in [4.69, 9.17) is 10.5 Å². The van der Waals surface area contributed by atoms with Crippen molar-refractivity contribution in [2.24, 2.45) is 0 Å². The Hall–Kier alpha value is -3.34. The zero-order valence-electron chi connectivity index (χ0n) is 15.0. The minimum Gasteiger partial charge on any atom is -0.482 e. The third kappa shape index (κ3) is 3.24. The van der Waals surface area contributed by atoms with Gasteiger partial charge < -0.3 is 10.5 Å². The molecule has 1 aliphatic carbocycles. The van der Waals surface area contributed by atoms with E-state index in [1.54, 1.807) is 6.07 Å². The molecule has 3 aromatic rings. The van der Waals surface area contributed by atoms with E-state index in [2.05, 4.69) is 12.1 Å². The Morgan fingerprint density at radius 3 is 2.37 bits per heavy atom. The van der Waals surface area contributed by atoms with Gasteiger partial charge in [0, 0.05) is 30.2 Å². The van der Waals surface area contributed by atoms with E-state index in [9.17, 15) is 10.1 Å². The molecule has 136 valence electrons. The number of nitrogen functional groups attached to an aromatic ring is 1. The van der Waals surface area contributed by atoms with E-state index < -0.39 is 0 Å². The van der Waals surface area contributed by atoms with Crippen molar-refractivity contribution >= 4 is 11.4 Å². The largest absolute Gasteiger partial charge is 0.482 e. The minimum atomic E-state index is -0.384. The van der Waals surface area contributed by atoms with Gasteiger partial charge in [-0.3, -0.25) is 10.1 Å². The second-order valence-corrected chi connectivity index (χ2v) is 6.90. The number of nitro groups is 1. The third-order valence-corrected chi connectivity index (χ3v) is 5.07. The molecule has 0 fully saturated rings. The molecule has 0 aromatic heterocycles. The van der Waals surface area contributed by atoms with Crippen molar-refractivity contribution in [3.8, 4) is 16.9 Å². The predicted molar refractivity (Wildman–Crippen MR) is 106 cm³/mol. The molecule has 0 atom stereocenters. The molecule has 4 rings (SSSR count). The molecule has 0 radical (unpaired) electrons. The molecule has 0 saturated heterocycles. The van der Waals surface area contributed by atoms with Crippen LogP contribution in [0.4, 0.5) is 11.4 Å². The standard InChI is InChI=1S/C22H20N2O3/c1-14-11-17(9-10-20(14)23)19-7-4-8-21(24(25)26)22(19)27-18-12-15-5-2-3-6-16(15)13-18/h2-11,18H,12-13,23H2,1H3. The predicted octanol–water partition coefficient (Wildman–Crippen LogP) is 4.70. The van der Waals surface area contributed by atoms with Gasteiger partial charge in [-0.2, -0.15) is 0 Å². The smallest absolute Gasteiger partial charge is 0.311 e. The van der Waals surface area contributed by atoms with Crippen LogP contribution < -0.4 is 10.5 Å². The van der Waals surface area contributed by atoms with Crippen molar-refractivity contribution in [1.29, 1.82) is 0 Å². The van der Waals surface area contributed by atoms with Gasteiger partial charge in [0.05, 0.1) is 4.92 Å². The Kier molecular flexibility index (Phi) is 4.28. The van der Waals surface area contributed by atoms with Crippen LogP contribution in [0, 0.1) is 17.0 Å². The number of nitrogens with two attached hydrogens (primary N) is 1. The number of hydrogen-bond donors (Lipinski definition) is 1. The van der Waals surface area contributed by atoms with E-state index in [-0.39, 0.29) is 16.7 Å². The van der Waals surface area contributed by atoms with E-state index in [1.807, 2.05) is 43.3 Å². The number of rotatable bonds is 4. The number of anilines is 1. The van der Waals surface area contributed by atoms with Crippen molar-refractivity contribution in [3.63, 3.8) is 0 Å². The number of nitro benzene ring substituents is 1. The Morgan fingerprint density at radius 2 is 1.74 bits per heavy atom. The summed E-state index contributed by atoms with van der Waals surface area (Å²) in [6.45, 7) is 1.92. The zero-order chi connectivity index (χ0) is 19.0. The van der Waals surface area contributed by atoms with Crippen LogP contribution in [0.1, 0.15) is 16.7 Å². The van der Waals surface area contributed by atoms with Gasteiger partial charge in [0.25, 0.3) is 0 Å². The van der Waals surface area contributed by atoms with Gasteiger partial charge in [-0.25, -0.2) is 0 Å². The van der Waals surface area contributed by atoms with Crippen molar-refractivity contribution < 1.29 is 9.66 Å². The molecule has 2 N–H and O–H groups in total. The summed E-state index contributed by atoms with van der Waals surface area (Å²) in [7, 11) is 0. The molecule has 0 aliphatic heterocycles. The highest BCUT2D eigenvalue weighted by molar-refractivity contribution is 5.77. The molecule has 0 unspecified atom stereocenters. The normalized spacial score (nSPS) is 13.4. The Balaban J connectivity index is 1.74. The number of fused-ring (bicyclic) bond motifs is 1. The van der Waals surface area contributed by atoms with E-state index in [1.165, 1.54) is 17.2 Å². The number of aryl methyl sites for hydroxylation is 1. The first-order valence-corrected chi connectivity index (χ1v) is 8.90. The van der Waals surface area contributed by atoms with Crippen LogP contribution in [0.2, 0.25) is 0 Å². The molecular weight excluding hydrogens is 340 g/mol. The van der Waals surface area contributed by atoms with Crippen LogP contribution in [0.5, 0.6) is 5.75 Å². The highest BCUT2D eigenvalue weighted by Gasteiger charge is 2.27. The average Bonchev–Trinajstić information content (AvgIpc) is 3.06. The van der Waals surface area contributed by atoms with Crippen LogP contribution in [0.25, 0.3) is 11.1 Å². The summed E-state index contributed by atoms with van der Waals surface area (Å²) in [5.74, 6) is 0.324. The summed E-state index contributed by atoms with van der Waals surface area (Å²) in [6.07, 6.45) is 1.39. The van der Waals surface area contributed by atoms with Crippen molar-refractivity contribution in [1.82, 2.24) is 0 Å². The maximum absolute atomic E-state index is 11.6. The number of benzene rings is 3. The zero-order valence-corrected chi connectivity index (χ0v) is 15.0. The fourth-order valence-corrected chi connectivity index (χ4v) is 3.63. The Bertz CT molecular complexity index is 1000. The topological polar surface area (TPSA) is 78.4 Å². The SMILES string of the molecule is Cc1cc(-c2cccc([N+](=O)[O-])c2OC2Cc3ccccc3C2)ccc1N. The molecule has 0 heterocycles. The third-order valence-electron chi connectivity index (χ3n) is 5.07. The molecule has 5 heteroatoms. The van der Waals surface area contributed by atoms with Gasteiger partial charge in [0.2, 0.25) is 5.75 Å². The van der Waals surface area contributed by atoms with E-state index >= 15 is 0 Å². The van der Waals surface area contributed by atoms with Crippen molar-refractivity contribution in [2.75, 3.05) is 5.73 Å². The highest BCUT2D eigenvalue weighted by atomic mass is 16.6.